The zero-order valence-electron chi connectivity index (χ0n) is 9.83. The molecule has 1 aromatic heterocycles. The average molecular weight is 263 g/mol. The molecule has 102 valence electrons. The highest BCUT2D eigenvalue weighted by Crippen LogP contribution is 2.29. The molecule has 0 radical (unpaired) electrons. The fourth-order valence-corrected chi connectivity index (χ4v) is 1.28. The van der Waals surface area contributed by atoms with Crippen LogP contribution < -0.4 is 11.1 Å². The minimum atomic E-state index is -4.34. The molecule has 0 amide bonds. The van der Waals surface area contributed by atoms with Crippen molar-refractivity contribution < 1.29 is 17.9 Å². The molecule has 3 N–H and O–H groups in total. The molecular formula is C11H16F3N3O. The molecule has 1 heterocycles. The number of nitrogens with two attached hydrogens (primary N) is 1. The first kappa shape index (κ1) is 14.7. The highest BCUT2D eigenvalue weighted by Gasteiger charge is 2.30. The van der Waals surface area contributed by atoms with Crippen molar-refractivity contribution in [2.45, 2.75) is 12.6 Å². The second-order valence-electron chi connectivity index (χ2n) is 3.61. The van der Waals surface area contributed by atoms with Gasteiger partial charge < -0.3 is 15.8 Å². The molecule has 0 aromatic carbocycles. The van der Waals surface area contributed by atoms with Crippen molar-refractivity contribution in [3.8, 4) is 0 Å². The zero-order valence-corrected chi connectivity index (χ0v) is 9.83. The van der Waals surface area contributed by atoms with Crippen LogP contribution in [0.15, 0.2) is 18.3 Å². The monoisotopic (exact) mass is 263 g/mol. The normalized spacial score (nSPS) is 11.6. The van der Waals surface area contributed by atoms with E-state index >= 15 is 0 Å². The van der Waals surface area contributed by atoms with Crippen LogP contribution in [0, 0.1) is 0 Å². The largest absolute Gasteiger partial charge is 0.416 e. The van der Waals surface area contributed by atoms with Crippen molar-refractivity contribution >= 4 is 5.82 Å². The number of ether oxygens (including phenoxy) is 1. The van der Waals surface area contributed by atoms with Crippen LogP contribution in [0.2, 0.25) is 0 Å². The number of rotatable bonds is 7. The van der Waals surface area contributed by atoms with E-state index < -0.39 is 11.7 Å². The maximum absolute atomic E-state index is 12.4. The molecule has 0 saturated heterocycles. The molecule has 1 aromatic rings. The van der Waals surface area contributed by atoms with Crippen molar-refractivity contribution in [3.05, 3.63) is 23.9 Å². The summed E-state index contributed by atoms with van der Waals surface area (Å²) in [5.74, 6) is 0.212. The van der Waals surface area contributed by atoms with E-state index in [1.807, 2.05) is 0 Å². The van der Waals surface area contributed by atoms with Crippen LogP contribution in [0.25, 0.3) is 0 Å². The zero-order chi connectivity index (χ0) is 13.4. The van der Waals surface area contributed by atoms with Gasteiger partial charge in [0.1, 0.15) is 5.82 Å². The highest BCUT2D eigenvalue weighted by atomic mass is 19.4. The molecule has 7 heteroatoms. The lowest BCUT2D eigenvalue weighted by Crippen LogP contribution is -2.12. The van der Waals surface area contributed by atoms with Crippen molar-refractivity contribution in [1.29, 1.82) is 0 Å². The average Bonchev–Trinajstić information content (AvgIpc) is 2.33. The van der Waals surface area contributed by atoms with Crippen molar-refractivity contribution in [1.82, 2.24) is 4.98 Å². The van der Waals surface area contributed by atoms with E-state index in [0.29, 0.717) is 32.7 Å². The van der Waals surface area contributed by atoms with E-state index in [2.05, 4.69) is 10.3 Å². The summed E-state index contributed by atoms with van der Waals surface area (Å²) >= 11 is 0. The number of pyridine rings is 1. The van der Waals surface area contributed by atoms with E-state index in [1.54, 1.807) is 0 Å². The Morgan fingerprint density at radius 3 is 2.78 bits per heavy atom. The Hall–Kier alpha value is -1.34. The standard InChI is InChI=1S/C11H16F3N3O/c12-11(13,14)9-2-5-17-10(8-9)16-4-1-6-18-7-3-15/h2,5,8H,1,3-4,6-7,15H2,(H,16,17). The van der Waals surface area contributed by atoms with Gasteiger partial charge in [-0.15, -0.1) is 0 Å². The predicted molar refractivity (Wildman–Crippen MR) is 62.2 cm³/mol. The molecule has 0 spiro atoms. The Balaban J connectivity index is 2.34. The van der Waals surface area contributed by atoms with E-state index in [-0.39, 0.29) is 5.82 Å². The van der Waals surface area contributed by atoms with Crippen LogP contribution in [-0.4, -0.2) is 31.3 Å². The van der Waals surface area contributed by atoms with Crippen LogP contribution in [-0.2, 0) is 10.9 Å². The van der Waals surface area contributed by atoms with Crippen LogP contribution in [0.1, 0.15) is 12.0 Å². The topological polar surface area (TPSA) is 60.2 Å². The van der Waals surface area contributed by atoms with Crippen LogP contribution in [0.5, 0.6) is 0 Å². The lowest BCUT2D eigenvalue weighted by Gasteiger charge is -2.09. The Bertz CT molecular complexity index is 358. The number of halogens is 3. The molecular weight excluding hydrogens is 247 g/mol. The molecule has 0 saturated carbocycles. The third-order valence-electron chi connectivity index (χ3n) is 2.12. The first-order chi connectivity index (χ1) is 8.54. The van der Waals surface area contributed by atoms with Gasteiger partial charge in [0.05, 0.1) is 12.2 Å². The Morgan fingerprint density at radius 2 is 2.11 bits per heavy atom. The third-order valence-corrected chi connectivity index (χ3v) is 2.12. The summed E-state index contributed by atoms with van der Waals surface area (Å²) in [4.78, 5) is 3.81. The highest BCUT2D eigenvalue weighted by molar-refractivity contribution is 5.38. The Labute approximate surface area is 103 Å². The maximum Gasteiger partial charge on any atom is 0.416 e. The number of nitrogens with one attached hydrogen (secondary N) is 1. The Kier molecular flexibility index (Phi) is 5.87. The van der Waals surface area contributed by atoms with Gasteiger partial charge in [-0.3, -0.25) is 0 Å². The molecule has 0 fully saturated rings. The second kappa shape index (κ2) is 7.17. The molecule has 18 heavy (non-hydrogen) atoms. The molecule has 0 aliphatic rings. The fourth-order valence-electron chi connectivity index (χ4n) is 1.28. The first-order valence-corrected chi connectivity index (χ1v) is 5.59. The molecule has 1 rings (SSSR count). The van der Waals surface area contributed by atoms with E-state index in [1.165, 1.54) is 0 Å². The van der Waals surface area contributed by atoms with E-state index in [0.717, 1.165) is 18.3 Å². The number of hydrogen-bond donors (Lipinski definition) is 2. The number of alkyl halides is 3. The van der Waals surface area contributed by atoms with Gasteiger partial charge in [-0.05, 0) is 18.6 Å². The van der Waals surface area contributed by atoms with Crippen LogP contribution in [0.4, 0.5) is 19.0 Å². The Morgan fingerprint density at radius 1 is 1.33 bits per heavy atom. The van der Waals surface area contributed by atoms with Gasteiger partial charge in [-0.2, -0.15) is 13.2 Å². The van der Waals surface area contributed by atoms with Gasteiger partial charge in [-0.1, -0.05) is 0 Å². The summed E-state index contributed by atoms with van der Waals surface area (Å²) in [5.41, 5.74) is 4.53. The van der Waals surface area contributed by atoms with Gasteiger partial charge in [0.15, 0.2) is 0 Å². The SMILES string of the molecule is NCCOCCCNc1cc(C(F)(F)F)ccn1. The summed E-state index contributed by atoms with van der Waals surface area (Å²) in [5, 5.41) is 2.81. The summed E-state index contributed by atoms with van der Waals surface area (Å²) in [6.07, 6.45) is -2.53. The lowest BCUT2D eigenvalue weighted by molar-refractivity contribution is -0.137. The molecule has 0 unspecified atom stereocenters. The van der Waals surface area contributed by atoms with Crippen LogP contribution >= 0.6 is 0 Å². The summed E-state index contributed by atoms with van der Waals surface area (Å²) in [6, 6.07) is 1.93. The molecule has 0 aliphatic heterocycles. The van der Waals surface area contributed by atoms with Gasteiger partial charge >= 0.3 is 6.18 Å². The first-order valence-electron chi connectivity index (χ1n) is 5.59. The van der Waals surface area contributed by atoms with E-state index in [9.17, 15) is 13.2 Å². The fraction of sp³-hybridized carbons (Fsp3) is 0.545. The third kappa shape index (κ3) is 5.33. The summed E-state index contributed by atoms with van der Waals surface area (Å²) in [7, 11) is 0. The summed E-state index contributed by atoms with van der Waals surface area (Å²) in [6.45, 7) is 1.96. The van der Waals surface area contributed by atoms with Crippen molar-refractivity contribution in [2.24, 2.45) is 5.73 Å². The molecule has 0 bridgehead atoms. The summed E-state index contributed by atoms with van der Waals surface area (Å²) < 4.78 is 42.4. The molecule has 4 nitrogen and oxygen atoms in total. The van der Waals surface area contributed by atoms with Crippen LogP contribution in [0.3, 0.4) is 0 Å². The minimum Gasteiger partial charge on any atom is -0.380 e. The second-order valence-corrected chi connectivity index (χ2v) is 3.61. The number of hydrogen-bond acceptors (Lipinski definition) is 4. The van der Waals surface area contributed by atoms with Crippen molar-refractivity contribution in [3.63, 3.8) is 0 Å². The van der Waals surface area contributed by atoms with Gasteiger partial charge in [0.25, 0.3) is 0 Å². The predicted octanol–water partition coefficient (Wildman–Crippen LogP) is 1.88. The minimum absolute atomic E-state index is 0.212. The molecule has 0 atom stereocenters. The number of nitrogens with zero attached hydrogens (tertiary/aromatic N) is 1. The number of anilines is 1. The van der Waals surface area contributed by atoms with Gasteiger partial charge in [-0.25, -0.2) is 4.98 Å². The van der Waals surface area contributed by atoms with Gasteiger partial charge in [0.2, 0.25) is 0 Å². The smallest absolute Gasteiger partial charge is 0.380 e. The van der Waals surface area contributed by atoms with E-state index in [4.69, 9.17) is 10.5 Å². The maximum atomic E-state index is 12.4. The van der Waals surface area contributed by atoms with Crippen molar-refractivity contribution in [2.75, 3.05) is 31.6 Å². The quantitative estimate of drug-likeness (QED) is 0.737. The number of aromatic nitrogens is 1. The van der Waals surface area contributed by atoms with Gasteiger partial charge in [0, 0.05) is 25.9 Å². The lowest BCUT2D eigenvalue weighted by atomic mass is 10.2. The molecule has 0 aliphatic carbocycles.